The molecule has 0 heterocycles. The summed E-state index contributed by atoms with van der Waals surface area (Å²) in [6.45, 7) is 5.23. The van der Waals surface area contributed by atoms with Gasteiger partial charge in [-0.15, -0.1) is 0 Å². The molecule has 1 N–H and O–H groups in total. The topological polar surface area (TPSA) is 29.5 Å². The highest BCUT2D eigenvalue weighted by Crippen LogP contribution is 2.56. The molecule has 0 saturated carbocycles. The number of aliphatic hydroxyl groups is 1. The van der Waals surface area contributed by atoms with Gasteiger partial charge in [0.05, 0.1) is 12.0 Å². The molecule has 0 spiro atoms. The first-order chi connectivity index (χ1) is 12.2. The smallest absolute Gasteiger partial charge is 0.460 e. The van der Waals surface area contributed by atoms with E-state index >= 15 is 0 Å². The van der Waals surface area contributed by atoms with E-state index in [-0.39, 0.29) is 5.75 Å². The Morgan fingerprint density at radius 3 is 1.68 bits per heavy atom. The molecule has 28 heavy (non-hydrogen) atoms. The first kappa shape index (κ1) is 24.4. The van der Waals surface area contributed by atoms with Crippen molar-refractivity contribution in [2.24, 2.45) is 0 Å². The van der Waals surface area contributed by atoms with Crippen molar-refractivity contribution in [1.82, 2.24) is 0 Å². The highest BCUT2D eigenvalue weighted by atomic mass is 19.4. The predicted molar refractivity (Wildman–Crippen MR) is 81.9 cm³/mol. The number of benzene rings is 1. The molecule has 0 aliphatic carbocycles. The van der Waals surface area contributed by atoms with Crippen LogP contribution in [0.3, 0.4) is 0 Å². The number of hydrogen-bond donors (Lipinski definition) is 1. The Balaban J connectivity index is 3.35. The second-order valence-corrected chi connectivity index (χ2v) is 7.51. The van der Waals surface area contributed by atoms with Crippen molar-refractivity contribution < 1.29 is 49.4 Å². The highest BCUT2D eigenvalue weighted by molar-refractivity contribution is 5.38. The standard InChI is InChI=1S/C17H19F9O2/c1-12(2,3)28-11-8-6-5-7-10(11)13(4,27)9-14(18,19)15(20,21)16(22,23)17(24,25)26/h5-8,27H,9H2,1-4H3. The average Bonchev–Trinajstić information content (AvgIpc) is 2.43. The Kier molecular flexibility index (Phi) is 6.09. The van der Waals surface area contributed by atoms with E-state index in [1.165, 1.54) is 18.2 Å². The minimum absolute atomic E-state index is 0.221. The van der Waals surface area contributed by atoms with Gasteiger partial charge in [0, 0.05) is 5.56 Å². The molecule has 1 unspecified atom stereocenters. The fourth-order valence-electron chi connectivity index (χ4n) is 2.38. The van der Waals surface area contributed by atoms with Crippen molar-refractivity contribution in [3.8, 4) is 5.75 Å². The third-order valence-electron chi connectivity index (χ3n) is 3.66. The summed E-state index contributed by atoms with van der Waals surface area (Å²) in [5.74, 6) is -19.9. The SMILES string of the molecule is CC(C)(C)Oc1ccccc1C(C)(O)CC(F)(F)C(F)(F)C(F)(F)C(F)(F)F. The molecule has 1 aromatic rings. The molecule has 0 amide bonds. The van der Waals surface area contributed by atoms with E-state index in [9.17, 15) is 44.6 Å². The minimum atomic E-state index is -7.01. The number of alkyl halides is 9. The fraction of sp³-hybridized carbons (Fsp3) is 0.647. The van der Waals surface area contributed by atoms with Gasteiger partial charge in [0.15, 0.2) is 0 Å². The largest absolute Gasteiger partial charge is 0.488 e. The van der Waals surface area contributed by atoms with Gasteiger partial charge in [0.2, 0.25) is 0 Å². The van der Waals surface area contributed by atoms with E-state index in [1.807, 2.05) is 0 Å². The Morgan fingerprint density at radius 1 is 0.786 bits per heavy atom. The summed E-state index contributed by atoms with van der Waals surface area (Å²) in [6, 6.07) is 4.80. The summed E-state index contributed by atoms with van der Waals surface area (Å²) in [7, 11) is 0. The van der Waals surface area contributed by atoms with Gasteiger partial charge in [-0.2, -0.15) is 39.5 Å². The molecule has 11 heteroatoms. The lowest BCUT2D eigenvalue weighted by atomic mass is 9.85. The van der Waals surface area contributed by atoms with Crippen LogP contribution in [0.5, 0.6) is 5.75 Å². The van der Waals surface area contributed by atoms with Crippen LogP contribution in [-0.2, 0) is 5.60 Å². The molecule has 162 valence electrons. The number of para-hydroxylation sites is 1. The van der Waals surface area contributed by atoms with Gasteiger partial charge < -0.3 is 9.84 Å². The van der Waals surface area contributed by atoms with E-state index in [0.29, 0.717) is 6.92 Å². The third-order valence-corrected chi connectivity index (χ3v) is 3.66. The molecule has 2 nitrogen and oxygen atoms in total. The molecular weight excluding hydrogens is 407 g/mol. The van der Waals surface area contributed by atoms with Gasteiger partial charge in [-0.3, -0.25) is 0 Å². The summed E-state index contributed by atoms with van der Waals surface area (Å²) in [6.07, 6.45) is -9.33. The normalized spacial score (nSPS) is 16.6. The maximum Gasteiger partial charge on any atom is 0.460 e. The van der Waals surface area contributed by atoms with Crippen molar-refractivity contribution in [3.63, 3.8) is 0 Å². The van der Waals surface area contributed by atoms with Crippen LogP contribution in [0.4, 0.5) is 39.5 Å². The molecule has 0 saturated heterocycles. The predicted octanol–water partition coefficient (Wildman–Crippen LogP) is 5.93. The Hall–Kier alpha value is -1.65. The van der Waals surface area contributed by atoms with E-state index in [1.54, 1.807) is 20.8 Å². The van der Waals surface area contributed by atoms with Crippen LogP contribution in [0.1, 0.15) is 39.7 Å². The van der Waals surface area contributed by atoms with Crippen molar-refractivity contribution in [2.45, 2.75) is 69.3 Å². The van der Waals surface area contributed by atoms with Crippen molar-refractivity contribution in [2.75, 3.05) is 0 Å². The molecule has 0 aromatic heterocycles. The average molecular weight is 426 g/mol. The molecular formula is C17H19F9O2. The summed E-state index contributed by atoms with van der Waals surface area (Å²) in [5.41, 5.74) is -4.31. The molecule has 0 bridgehead atoms. The van der Waals surface area contributed by atoms with E-state index < -0.39 is 47.1 Å². The van der Waals surface area contributed by atoms with Gasteiger partial charge in [-0.05, 0) is 33.8 Å². The maximum absolute atomic E-state index is 13.9. The first-order valence-corrected chi connectivity index (χ1v) is 7.87. The van der Waals surface area contributed by atoms with Crippen molar-refractivity contribution >= 4 is 0 Å². The maximum atomic E-state index is 13.9. The Bertz CT molecular complexity index is 689. The van der Waals surface area contributed by atoms with Crippen LogP contribution in [0.2, 0.25) is 0 Å². The van der Waals surface area contributed by atoms with Crippen LogP contribution >= 0.6 is 0 Å². The minimum Gasteiger partial charge on any atom is -0.488 e. The van der Waals surface area contributed by atoms with E-state index in [0.717, 1.165) is 6.07 Å². The van der Waals surface area contributed by atoms with Gasteiger partial charge in [-0.1, -0.05) is 18.2 Å². The molecule has 0 fully saturated rings. The molecule has 1 aromatic carbocycles. The quantitative estimate of drug-likeness (QED) is 0.572. The van der Waals surface area contributed by atoms with Gasteiger partial charge in [0.1, 0.15) is 11.4 Å². The first-order valence-electron chi connectivity index (χ1n) is 7.87. The number of rotatable bonds is 6. The van der Waals surface area contributed by atoms with Gasteiger partial charge in [-0.25, -0.2) is 0 Å². The van der Waals surface area contributed by atoms with Crippen LogP contribution < -0.4 is 4.74 Å². The highest BCUT2D eigenvalue weighted by Gasteiger charge is 2.82. The zero-order valence-corrected chi connectivity index (χ0v) is 15.3. The van der Waals surface area contributed by atoms with E-state index in [4.69, 9.17) is 4.74 Å². The molecule has 1 rings (SSSR count). The lowest BCUT2D eigenvalue weighted by Crippen LogP contribution is -2.62. The van der Waals surface area contributed by atoms with Gasteiger partial charge >= 0.3 is 23.9 Å². The zero-order chi connectivity index (χ0) is 22.4. The van der Waals surface area contributed by atoms with Crippen LogP contribution in [0.15, 0.2) is 24.3 Å². The second-order valence-electron chi connectivity index (χ2n) is 7.51. The summed E-state index contributed by atoms with van der Waals surface area (Å²) >= 11 is 0. The summed E-state index contributed by atoms with van der Waals surface area (Å²) in [4.78, 5) is 0. The van der Waals surface area contributed by atoms with Crippen LogP contribution in [0.25, 0.3) is 0 Å². The second kappa shape index (κ2) is 7.00. The van der Waals surface area contributed by atoms with Crippen LogP contribution in [0, 0.1) is 0 Å². The lowest BCUT2D eigenvalue weighted by molar-refractivity contribution is -0.400. The third kappa shape index (κ3) is 4.66. The Labute approximate surface area is 155 Å². The fourth-order valence-corrected chi connectivity index (χ4v) is 2.38. The Morgan fingerprint density at radius 2 is 1.25 bits per heavy atom. The summed E-state index contributed by atoms with van der Waals surface area (Å²) < 4.78 is 123. The molecule has 0 radical (unpaired) electrons. The molecule has 1 atom stereocenters. The van der Waals surface area contributed by atoms with Gasteiger partial charge in [0.25, 0.3) is 0 Å². The number of ether oxygens (including phenoxy) is 1. The van der Waals surface area contributed by atoms with Crippen LogP contribution in [-0.4, -0.2) is 34.7 Å². The number of halogens is 9. The van der Waals surface area contributed by atoms with Crippen molar-refractivity contribution in [3.05, 3.63) is 29.8 Å². The summed E-state index contributed by atoms with van der Waals surface area (Å²) in [5, 5.41) is 10.3. The lowest BCUT2D eigenvalue weighted by Gasteiger charge is -2.37. The zero-order valence-electron chi connectivity index (χ0n) is 15.3. The van der Waals surface area contributed by atoms with Crippen molar-refractivity contribution in [1.29, 1.82) is 0 Å². The molecule has 0 aliphatic rings. The number of hydrogen-bond acceptors (Lipinski definition) is 2. The molecule has 0 aliphatic heterocycles. The monoisotopic (exact) mass is 426 g/mol. The van der Waals surface area contributed by atoms with E-state index in [2.05, 4.69) is 0 Å².